The van der Waals surface area contributed by atoms with Crippen LogP contribution in [0.2, 0.25) is 0 Å². The largest absolute Gasteiger partial charge is 0.307 e. The van der Waals surface area contributed by atoms with E-state index < -0.39 is 0 Å². The molecule has 1 aromatic carbocycles. The predicted molar refractivity (Wildman–Crippen MR) is 101 cm³/mol. The molecule has 0 unspecified atom stereocenters. The number of rotatable bonds is 4. The third-order valence-electron chi connectivity index (χ3n) is 4.22. The Bertz CT molecular complexity index is 1250. The fraction of sp³-hybridized carbons (Fsp3) is 0.111. The zero-order valence-corrected chi connectivity index (χ0v) is 14.5. The summed E-state index contributed by atoms with van der Waals surface area (Å²) >= 11 is 0. The van der Waals surface area contributed by atoms with Gasteiger partial charge in [-0.1, -0.05) is 23.4 Å². The summed E-state index contributed by atoms with van der Waals surface area (Å²) in [5.41, 5.74) is 2.91. The molecule has 5 aromatic rings. The molecule has 0 fully saturated rings. The van der Waals surface area contributed by atoms with Gasteiger partial charge < -0.3 is 5.32 Å². The van der Waals surface area contributed by atoms with Crippen LogP contribution >= 0.6 is 0 Å². The number of hydrogen-bond acceptors (Lipinski definition) is 7. The lowest BCUT2D eigenvalue weighted by Crippen LogP contribution is -2.03. The molecule has 9 nitrogen and oxygen atoms in total. The molecule has 1 N–H and O–H groups in total. The van der Waals surface area contributed by atoms with Crippen molar-refractivity contribution in [1.29, 1.82) is 0 Å². The van der Waals surface area contributed by atoms with Crippen LogP contribution in [0.5, 0.6) is 0 Å². The third-order valence-corrected chi connectivity index (χ3v) is 4.22. The minimum absolute atomic E-state index is 0.432. The highest BCUT2D eigenvalue weighted by atomic mass is 15.5. The first-order valence-corrected chi connectivity index (χ1v) is 8.54. The first kappa shape index (κ1) is 15.4. The summed E-state index contributed by atoms with van der Waals surface area (Å²) in [4.78, 5) is 13.3. The topological polar surface area (TPSA) is 99.2 Å². The molecule has 0 amide bonds. The Morgan fingerprint density at radius 1 is 1.04 bits per heavy atom. The summed E-state index contributed by atoms with van der Waals surface area (Å²) in [6.45, 7) is 2.83. The fourth-order valence-electron chi connectivity index (χ4n) is 2.86. The molecule has 4 heterocycles. The van der Waals surface area contributed by atoms with Crippen LogP contribution in [-0.4, -0.2) is 39.7 Å². The third kappa shape index (κ3) is 2.74. The van der Waals surface area contributed by atoms with Crippen LogP contribution in [0.4, 0.5) is 11.8 Å². The number of hydrogen-bond donors (Lipinski definition) is 1. The highest BCUT2D eigenvalue weighted by Crippen LogP contribution is 2.19. The average molecular weight is 357 g/mol. The van der Waals surface area contributed by atoms with Gasteiger partial charge in [0.1, 0.15) is 0 Å². The van der Waals surface area contributed by atoms with E-state index in [0.717, 1.165) is 23.1 Å². The van der Waals surface area contributed by atoms with Gasteiger partial charge in [0.05, 0.1) is 23.6 Å². The number of nitrogens with one attached hydrogen (secondary N) is 1. The maximum Gasteiger partial charge on any atom is 0.230 e. The zero-order chi connectivity index (χ0) is 18.2. The van der Waals surface area contributed by atoms with Gasteiger partial charge in [0, 0.05) is 24.2 Å². The van der Waals surface area contributed by atoms with E-state index >= 15 is 0 Å². The van der Waals surface area contributed by atoms with Gasteiger partial charge >= 0.3 is 0 Å². The summed E-state index contributed by atoms with van der Waals surface area (Å²) in [6.07, 6.45) is 5.29. The van der Waals surface area contributed by atoms with Crippen molar-refractivity contribution in [2.24, 2.45) is 0 Å². The van der Waals surface area contributed by atoms with E-state index in [4.69, 9.17) is 0 Å². The number of aromatic nitrogens is 8. The minimum atomic E-state index is 0.432. The Labute approximate surface area is 153 Å². The van der Waals surface area contributed by atoms with Crippen molar-refractivity contribution < 1.29 is 0 Å². The lowest BCUT2D eigenvalue weighted by Gasteiger charge is -2.04. The van der Waals surface area contributed by atoms with Gasteiger partial charge in [-0.3, -0.25) is 9.67 Å². The molecule has 0 aliphatic rings. The SMILES string of the molecule is CCn1ccc(Nc2ncc3nnn(-c4cnc5ccccc5c4)c3n2)n1. The molecule has 5 rings (SSSR count). The van der Waals surface area contributed by atoms with E-state index in [9.17, 15) is 0 Å². The van der Waals surface area contributed by atoms with E-state index in [1.54, 1.807) is 17.1 Å². The molecule has 132 valence electrons. The van der Waals surface area contributed by atoms with Gasteiger partial charge in [-0.2, -0.15) is 14.8 Å². The number of nitrogens with zero attached hydrogens (tertiary/aromatic N) is 8. The molecule has 0 saturated carbocycles. The number of aryl methyl sites for hydroxylation is 1. The van der Waals surface area contributed by atoms with E-state index in [1.807, 2.05) is 54.2 Å². The van der Waals surface area contributed by atoms with Crippen LogP contribution in [0.1, 0.15) is 6.92 Å². The van der Waals surface area contributed by atoms with Crippen molar-refractivity contribution >= 4 is 33.8 Å². The van der Waals surface area contributed by atoms with Crippen LogP contribution in [0.25, 0.3) is 27.8 Å². The average Bonchev–Trinajstić information content (AvgIpc) is 3.34. The summed E-state index contributed by atoms with van der Waals surface area (Å²) in [6, 6.07) is 11.8. The highest BCUT2D eigenvalue weighted by Gasteiger charge is 2.12. The quantitative estimate of drug-likeness (QED) is 0.528. The fourth-order valence-corrected chi connectivity index (χ4v) is 2.86. The molecule has 0 spiro atoms. The monoisotopic (exact) mass is 357 g/mol. The van der Waals surface area contributed by atoms with E-state index in [0.29, 0.717) is 22.9 Å². The van der Waals surface area contributed by atoms with Gasteiger partial charge in [-0.05, 0) is 19.1 Å². The second-order valence-corrected chi connectivity index (χ2v) is 5.97. The first-order valence-electron chi connectivity index (χ1n) is 8.54. The van der Waals surface area contributed by atoms with Gasteiger partial charge in [0.15, 0.2) is 17.0 Å². The molecular formula is C18H15N9. The predicted octanol–water partition coefficient (Wildman–Crippen LogP) is 2.72. The minimum Gasteiger partial charge on any atom is -0.307 e. The molecular weight excluding hydrogens is 342 g/mol. The number of benzene rings is 1. The molecule has 0 bridgehead atoms. The van der Waals surface area contributed by atoms with Crippen LogP contribution in [0.3, 0.4) is 0 Å². The number of anilines is 2. The molecule has 9 heteroatoms. The van der Waals surface area contributed by atoms with E-state index in [-0.39, 0.29) is 0 Å². The standard InChI is InChI=1S/C18H15N9/c1-2-26-8-7-16(24-26)21-18-20-11-15-17(22-18)27(25-23-15)13-9-12-5-3-4-6-14(12)19-10-13/h3-11H,2H2,1H3,(H,20,21,22,24). The van der Waals surface area contributed by atoms with Crippen molar-refractivity contribution in [1.82, 2.24) is 39.7 Å². The summed E-state index contributed by atoms with van der Waals surface area (Å²) in [5, 5.41) is 16.9. The van der Waals surface area contributed by atoms with Crippen LogP contribution in [0, 0.1) is 0 Å². The number of fused-ring (bicyclic) bond motifs is 2. The molecule has 27 heavy (non-hydrogen) atoms. The van der Waals surface area contributed by atoms with Crippen molar-refractivity contribution in [2.45, 2.75) is 13.5 Å². The summed E-state index contributed by atoms with van der Waals surface area (Å²) < 4.78 is 3.49. The summed E-state index contributed by atoms with van der Waals surface area (Å²) in [7, 11) is 0. The van der Waals surface area contributed by atoms with Crippen LogP contribution in [-0.2, 0) is 6.54 Å². The number of para-hydroxylation sites is 1. The molecule has 0 atom stereocenters. The molecule has 0 radical (unpaired) electrons. The maximum atomic E-state index is 4.56. The Balaban J connectivity index is 1.56. The van der Waals surface area contributed by atoms with Crippen molar-refractivity contribution in [3.63, 3.8) is 0 Å². The zero-order valence-electron chi connectivity index (χ0n) is 14.5. The Hall–Kier alpha value is -3.88. The second kappa shape index (κ2) is 6.13. The van der Waals surface area contributed by atoms with Gasteiger partial charge in [-0.25, -0.2) is 4.98 Å². The van der Waals surface area contributed by atoms with Crippen molar-refractivity contribution in [2.75, 3.05) is 5.32 Å². The molecule has 4 aromatic heterocycles. The van der Waals surface area contributed by atoms with Crippen molar-refractivity contribution in [3.05, 3.63) is 55.0 Å². The van der Waals surface area contributed by atoms with Crippen molar-refractivity contribution in [3.8, 4) is 5.69 Å². The second-order valence-electron chi connectivity index (χ2n) is 5.97. The van der Waals surface area contributed by atoms with Gasteiger partial charge in [-0.15, -0.1) is 5.10 Å². The lowest BCUT2D eigenvalue weighted by atomic mass is 10.2. The normalized spacial score (nSPS) is 11.3. The lowest BCUT2D eigenvalue weighted by molar-refractivity contribution is 0.662. The van der Waals surface area contributed by atoms with Crippen LogP contribution < -0.4 is 5.32 Å². The van der Waals surface area contributed by atoms with E-state index in [2.05, 4.69) is 35.7 Å². The maximum absolute atomic E-state index is 4.56. The molecule has 0 aliphatic carbocycles. The Kier molecular flexibility index (Phi) is 3.49. The molecule has 0 aliphatic heterocycles. The number of pyridine rings is 1. The summed E-state index contributed by atoms with van der Waals surface area (Å²) in [5.74, 6) is 1.11. The van der Waals surface area contributed by atoms with Gasteiger partial charge in [0.2, 0.25) is 5.95 Å². The molecule has 0 saturated heterocycles. The highest BCUT2D eigenvalue weighted by molar-refractivity contribution is 5.81. The smallest absolute Gasteiger partial charge is 0.230 e. The van der Waals surface area contributed by atoms with E-state index in [1.165, 1.54) is 0 Å². The van der Waals surface area contributed by atoms with Gasteiger partial charge in [0.25, 0.3) is 0 Å². The van der Waals surface area contributed by atoms with Crippen LogP contribution in [0.15, 0.2) is 55.0 Å². The Morgan fingerprint density at radius 2 is 1.96 bits per heavy atom. The first-order chi connectivity index (χ1) is 13.3. The Morgan fingerprint density at radius 3 is 2.85 bits per heavy atom.